The summed E-state index contributed by atoms with van der Waals surface area (Å²) in [5, 5.41) is 12.3. The molecule has 166 valence electrons. The van der Waals surface area contributed by atoms with E-state index in [-0.39, 0.29) is 18.4 Å². The molecule has 2 amide bonds. The van der Waals surface area contributed by atoms with Gasteiger partial charge in [-0.2, -0.15) is 0 Å². The van der Waals surface area contributed by atoms with Gasteiger partial charge in [0.15, 0.2) is 6.61 Å². The molecular formula is C23H25N5O3S. The minimum Gasteiger partial charge on any atom is -0.484 e. The first-order chi connectivity index (χ1) is 15.5. The molecule has 1 aliphatic heterocycles. The Hall–Kier alpha value is -3.46. The highest BCUT2D eigenvalue weighted by Crippen LogP contribution is 2.28. The summed E-state index contributed by atoms with van der Waals surface area (Å²) in [6.45, 7) is 0.439. The number of para-hydroxylation sites is 1. The van der Waals surface area contributed by atoms with Crippen molar-refractivity contribution >= 4 is 34.0 Å². The maximum atomic E-state index is 12.9. The maximum absolute atomic E-state index is 12.9. The quantitative estimate of drug-likeness (QED) is 0.593. The highest BCUT2D eigenvalue weighted by molar-refractivity contribution is 7.18. The fourth-order valence-electron chi connectivity index (χ4n) is 3.56. The minimum atomic E-state index is -0.534. The standard InChI is InChI=1S/C23H25N5O3S/c1-27(2)17-12-10-16(11-13-17)22-25-26-23(32-22)24-21(30)19-9-6-14-28(19)20(29)15-31-18-7-4-3-5-8-18/h3-5,7-8,10-13,19H,6,9,14-15H2,1-2H3,(H,24,26,30). The lowest BCUT2D eigenvalue weighted by atomic mass is 10.2. The van der Waals surface area contributed by atoms with E-state index in [2.05, 4.69) is 15.5 Å². The zero-order valence-corrected chi connectivity index (χ0v) is 18.8. The lowest BCUT2D eigenvalue weighted by molar-refractivity contribution is -0.138. The van der Waals surface area contributed by atoms with E-state index >= 15 is 0 Å². The molecule has 1 fully saturated rings. The third-order valence-electron chi connectivity index (χ3n) is 5.27. The number of nitrogens with zero attached hydrogens (tertiary/aromatic N) is 4. The van der Waals surface area contributed by atoms with Gasteiger partial charge >= 0.3 is 0 Å². The fourth-order valence-corrected chi connectivity index (χ4v) is 4.32. The number of aromatic nitrogens is 2. The van der Waals surface area contributed by atoms with E-state index < -0.39 is 6.04 Å². The number of ether oxygens (including phenoxy) is 1. The smallest absolute Gasteiger partial charge is 0.261 e. The predicted octanol–water partition coefficient (Wildman–Crippen LogP) is 3.28. The van der Waals surface area contributed by atoms with Gasteiger partial charge in [0.25, 0.3) is 5.91 Å². The third kappa shape index (κ3) is 5.05. The molecule has 1 aromatic heterocycles. The third-order valence-corrected chi connectivity index (χ3v) is 6.15. The van der Waals surface area contributed by atoms with Crippen LogP contribution in [0.5, 0.6) is 5.75 Å². The molecule has 2 aromatic carbocycles. The van der Waals surface area contributed by atoms with E-state index in [0.717, 1.165) is 22.7 Å². The normalized spacial score (nSPS) is 15.4. The molecule has 4 rings (SSSR count). The SMILES string of the molecule is CN(C)c1ccc(-c2nnc(NC(=O)C3CCCN3C(=O)COc3ccccc3)s2)cc1. The molecule has 0 spiro atoms. The molecule has 1 saturated heterocycles. The molecule has 0 bridgehead atoms. The summed E-state index contributed by atoms with van der Waals surface area (Å²) in [7, 11) is 3.97. The first-order valence-corrected chi connectivity index (χ1v) is 11.2. The molecule has 9 heteroatoms. The van der Waals surface area contributed by atoms with Gasteiger partial charge in [0.2, 0.25) is 11.0 Å². The minimum absolute atomic E-state index is 0.0975. The second kappa shape index (κ2) is 9.78. The van der Waals surface area contributed by atoms with Crippen molar-refractivity contribution in [2.75, 3.05) is 37.5 Å². The van der Waals surface area contributed by atoms with E-state index in [1.807, 2.05) is 61.5 Å². The number of carbonyl (C=O) groups is 2. The lowest BCUT2D eigenvalue weighted by Gasteiger charge is -2.23. The van der Waals surface area contributed by atoms with Crippen LogP contribution in [-0.2, 0) is 9.59 Å². The highest BCUT2D eigenvalue weighted by Gasteiger charge is 2.34. The summed E-state index contributed by atoms with van der Waals surface area (Å²) < 4.78 is 5.56. The van der Waals surface area contributed by atoms with Crippen LogP contribution in [0, 0.1) is 0 Å². The van der Waals surface area contributed by atoms with Crippen LogP contribution < -0.4 is 15.0 Å². The topological polar surface area (TPSA) is 87.7 Å². The molecule has 0 saturated carbocycles. The van der Waals surface area contributed by atoms with Crippen molar-refractivity contribution in [2.24, 2.45) is 0 Å². The van der Waals surface area contributed by atoms with Gasteiger partial charge in [-0.15, -0.1) is 10.2 Å². The van der Waals surface area contributed by atoms with Crippen LogP contribution in [0.25, 0.3) is 10.6 Å². The molecule has 0 radical (unpaired) electrons. The Morgan fingerprint density at radius 1 is 1.12 bits per heavy atom. The second-order valence-electron chi connectivity index (χ2n) is 7.69. The van der Waals surface area contributed by atoms with Crippen molar-refractivity contribution in [1.29, 1.82) is 0 Å². The van der Waals surface area contributed by atoms with Crippen LogP contribution in [0.15, 0.2) is 54.6 Å². The molecule has 32 heavy (non-hydrogen) atoms. The van der Waals surface area contributed by atoms with Crippen LogP contribution in [-0.4, -0.2) is 60.2 Å². The molecule has 3 aromatic rings. The summed E-state index contributed by atoms with van der Waals surface area (Å²) in [6.07, 6.45) is 1.38. The molecule has 1 N–H and O–H groups in total. The summed E-state index contributed by atoms with van der Waals surface area (Å²) in [4.78, 5) is 29.1. The van der Waals surface area contributed by atoms with E-state index in [1.165, 1.54) is 11.3 Å². The Morgan fingerprint density at radius 3 is 2.59 bits per heavy atom. The van der Waals surface area contributed by atoms with E-state index in [0.29, 0.717) is 23.8 Å². The monoisotopic (exact) mass is 451 g/mol. The van der Waals surface area contributed by atoms with Gasteiger partial charge in [0.1, 0.15) is 16.8 Å². The van der Waals surface area contributed by atoms with Crippen molar-refractivity contribution in [1.82, 2.24) is 15.1 Å². The lowest BCUT2D eigenvalue weighted by Crippen LogP contribution is -2.45. The predicted molar refractivity (Wildman–Crippen MR) is 125 cm³/mol. The van der Waals surface area contributed by atoms with E-state index in [1.54, 1.807) is 17.0 Å². The van der Waals surface area contributed by atoms with Crippen molar-refractivity contribution < 1.29 is 14.3 Å². The molecule has 2 heterocycles. The van der Waals surface area contributed by atoms with Crippen molar-refractivity contribution in [3.05, 3.63) is 54.6 Å². The zero-order chi connectivity index (χ0) is 22.5. The van der Waals surface area contributed by atoms with Crippen molar-refractivity contribution in [2.45, 2.75) is 18.9 Å². The number of likely N-dealkylation sites (tertiary alicyclic amines) is 1. The molecule has 0 aliphatic carbocycles. The maximum Gasteiger partial charge on any atom is 0.261 e. The van der Waals surface area contributed by atoms with Crippen LogP contribution in [0.4, 0.5) is 10.8 Å². The van der Waals surface area contributed by atoms with Crippen molar-refractivity contribution in [3.8, 4) is 16.3 Å². The molecule has 1 unspecified atom stereocenters. The molecular weight excluding hydrogens is 426 g/mol. The molecule has 1 atom stereocenters. The highest BCUT2D eigenvalue weighted by atomic mass is 32.1. The van der Waals surface area contributed by atoms with Gasteiger partial charge in [-0.3, -0.25) is 14.9 Å². The van der Waals surface area contributed by atoms with Gasteiger partial charge in [0.05, 0.1) is 0 Å². The number of benzene rings is 2. The Bertz CT molecular complexity index is 1070. The zero-order valence-electron chi connectivity index (χ0n) is 18.0. The molecule has 1 aliphatic rings. The van der Waals surface area contributed by atoms with Crippen LogP contribution >= 0.6 is 11.3 Å². The van der Waals surface area contributed by atoms with E-state index in [4.69, 9.17) is 4.74 Å². The second-order valence-corrected chi connectivity index (χ2v) is 8.67. The number of hydrogen-bond acceptors (Lipinski definition) is 7. The summed E-state index contributed by atoms with van der Waals surface area (Å²) >= 11 is 1.31. The summed E-state index contributed by atoms with van der Waals surface area (Å²) in [6, 6.07) is 16.6. The summed E-state index contributed by atoms with van der Waals surface area (Å²) in [5.41, 5.74) is 2.03. The fraction of sp³-hybridized carbons (Fsp3) is 0.304. The van der Waals surface area contributed by atoms with Crippen LogP contribution in [0.1, 0.15) is 12.8 Å². The van der Waals surface area contributed by atoms with Crippen LogP contribution in [0.3, 0.4) is 0 Å². The largest absolute Gasteiger partial charge is 0.484 e. The number of rotatable bonds is 7. The first kappa shape index (κ1) is 21.8. The number of anilines is 2. The van der Waals surface area contributed by atoms with Crippen molar-refractivity contribution in [3.63, 3.8) is 0 Å². The van der Waals surface area contributed by atoms with Crippen LogP contribution in [0.2, 0.25) is 0 Å². The van der Waals surface area contributed by atoms with Gasteiger partial charge in [0, 0.05) is 31.9 Å². The number of hydrogen-bond donors (Lipinski definition) is 1. The number of carbonyl (C=O) groups excluding carboxylic acids is 2. The Kier molecular flexibility index (Phi) is 6.65. The average Bonchev–Trinajstić information content (AvgIpc) is 3.48. The average molecular weight is 452 g/mol. The van der Waals surface area contributed by atoms with Gasteiger partial charge in [-0.05, 0) is 49.2 Å². The summed E-state index contributed by atoms with van der Waals surface area (Å²) in [5.74, 6) is 0.174. The van der Waals surface area contributed by atoms with Gasteiger partial charge in [-0.1, -0.05) is 29.5 Å². The van der Waals surface area contributed by atoms with Gasteiger partial charge in [-0.25, -0.2) is 0 Å². The Balaban J connectivity index is 1.36. The molecule has 8 nitrogen and oxygen atoms in total. The number of amides is 2. The Morgan fingerprint density at radius 2 is 1.88 bits per heavy atom. The van der Waals surface area contributed by atoms with E-state index in [9.17, 15) is 9.59 Å². The number of nitrogens with one attached hydrogen (secondary N) is 1. The Labute approximate surface area is 190 Å². The van der Waals surface area contributed by atoms with Gasteiger partial charge < -0.3 is 14.5 Å². The first-order valence-electron chi connectivity index (χ1n) is 10.4.